The van der Waals surface area contributed by atoms with Gasteiger partial charge < -0.3 is 24.4 Å². The smallest absolute Gasteiger partial charge is 0.275 e. The van der Waals surface area contributed by atoms with E-state index in [2.05, 4.69) is 5.32 Å². The molecule has 6 heteroatoms. The first-order chi connectivity index (χ1) is 12.6. The Bertz CT molecular complexity index is 716. The molecule has 0 saturated heterocycles. The number of hydrogen-bond acceptors (Lipinski definition) is 4. The molecule has 0 saturated carbocycles. The summed E-state index contributed by atoms with van der Waals surface area (Å²) in [6, 6.07) is 13.4. The van der Waals surface area contributed by atoms with Crippen molar-refractivity contribution in [1.29, 1.82) is 0 Å². The van der Waals surface area contributed by atoms with Crippen LogP contribution in [0.2, 0.25) is 0 Å². The molecular formula is C20H27N2O4+. The van der Waals surface area contributed by atoms with E-state index in [1.54, 1.807) is 21.3 Å². The van der Waals surface area contributed by atoms with Gasteiger partial charge in [0, 0.05) is 6.54 Å². The Balaban J connectivity index is 1.87. The average Bonchev–Trinajstić information content (AvgIpc) is 2.66. The number of rotatable bonds is 9. The molecule has 26 heavy (non-hydrogen) atoms. The summed E-state index contributed by atoms with van der Waals surface area (Å²) in [4.78, 5) is 13.3. The normalized spacial score (nSPS) is 11.5. The van der Waals surface area contributed by atoms with Crippen molar-refractivity contribution in [3.05, 3.63) is 53.6 Å². The van der Waals surface area contributed by atoms with Crippen molar-refractivity contribution >= 4 is 5.91 Å². The first kappa shape index (κ1) is 19.6. The Morgan fingerprint density at radius 2 is 1.73 bits per heavy atom. The number of hydrogen-bond donors (Lipinski definition) is 2. The minimum absolute atomic E-state index is 0.000168. The van der Waals surface area contributed by atoms with Gasteiger partial charge in [-0.1, -0.05) is 18.2 Å². The van der Waals surface area contributed by atoms with Crippen LogP contribution in [0.25, 0.3) is 0 Å². The maximum absolute atomic E-state index is 12.2. The average molecular weight is 359 g/mol. The van der Waals surface area contributed by atoms with Gasteiger partial charge in [0.15, 0.2) is 18.0 Å². The summed E-state index contributed by atoms with van der Waals surface area (Å²) in [5, 5.41) is 2.95. The monoisotopic (exact) mass is 359 g/mol. The minimum atomic E-state index is 0.000168. The van der Waals surface area contributed by atoms with E-state index in [9.17, 15) is 4.79 Å². The van der Waals surface area contributed by atoms with Crippen molar-refractivity contribution in [2.45, 2.75) is 13.1 Å². The molecule has 0 aliphatic heterocycles. The molecule has 1 atom stereocenters. The molecule has 2 aromatic rings. The predicted molar refractivity (Wildman–Crippen MR) is 99.8 cm³/mol. The number of methoxy groups -OCH3 is 3. The standard InChI is InChI=1S/C20H26N2O4/c1-22(13-16-6-5-7-18(25-3)20(16)26-4)14-19(23)21-12-15-8-10-17(24-2)11-9-15/h5-11H,12-14H2,1-4H3,(H,21,23)/p+1. The molecule has 0 radical (unpaired) electrons. The molecule has 2 aromatic carbocycles. The molecule has 2 rings (SSSR count). The van der Waals surface area contributed by atoms with Crippen LogP contribution in [0.1, 0.15) is 11.1 Å². The van der Waals surface area contributed by atoms with Gasteiger partial charge in [-0.3, -0.25) is 4.79 Å². The Hall–Kier alpha value is -2.73. The maximum Gasteiger partial charge on any atom is 0.275 e. The lowest BCUT2D eigenvalue weighted by atomic mass is 10.1. The molecule has 6 nitrogen and oxygen atoms in total. The van der Waals surface area contributed by atoms with Crippen LogP contribution < -0.4 is 24.4 Å². The molecule has 140 valence electrons. The molecule has 0 aromatic heterocycles. The van der Waals surface area contributed by atoms with E-state index < -0.39 is 0 Å². The molecule has 0 heterocycles. The number of benzene rings is 2. The van der Waals surface area contributed by atoms with E-state index >= 15 is 0 Å². The van der Waals surface area contributed by atoms with Crippen LogP contribution in [0, 0.1) is 0 Å². The number of amides is 1. The Morgan fingerprint density at radius 1 is 1.00 bits per heavy atom. The number of nitrogens with one attached hydrogen (secondary N) is 2. The summed E-state index contributed by atoms with van der Waals surface area (Å²) in [5.74, 6) is 2.21. The Labute approximate surface area is 154 Å². The maximum atomic E-state index is 12.2. The molecule has 2 N–H and O–H groups in total. The number of carbonyl (C=O) groups excluding carboxylic acids is 1. The fraction of sp³-hybridized carbons (Fsp3) is 0.350. The third-order valence-corrected chi connectivity index (χ3v) is 4.09. The van der Waals surface area contributed by atoms with Gasteiger partial charge in [-0.05, 0) is 29.8 Å². The zero-order chi connectivity index (χ0) is 18.9. The van der Waals surface area contributed by atoms with Crippen molar-refractivity contribution in [2.75, 3.05) is 34.9 Å². The molecule has 1 amide bonds. The zero-order valence-electron chi connectivity index (χ0n) is 15.8. The van der Waals surface area contributed by atoms with Crippen LogP contribution >= 0.6 is 0 Å². The summed E-state index contributed by atoms with van der Waals surface area (Å²) < 4.78 is 15.9. The summed E-state index contributed by atoms with van der Waals surface area (Å²) >= 11 is 0. The highest BCUT2D eigenvalue weighted by atomic mass is 16.5. The first-order valence-electron chi connectivity index (χ1n) is 8.48. The van der Waals surface area contributed by atoms with Gasteiger partial charge >= 0.3 is 0 Å². The molecular weight excluding hydrogens is 332 g/mol. The van der Waals surface area contributed by atoms with E-state index in [0.29, 0.717) is 31.1 Å². The number of likely N-dealkylation sites (N-methyl/N-ethyl adjacent to an activating group) is 1. The lowest BCUT2D eigenvalue weighted by molar-refractivity contribution is -0.885. The third-order valence-electron chi connectivity index (χ3n) is 4.09. The second kappa shape index (κ2) is 9.68. The predicted octanol–water partition coefficient (Wildman–Crippen LogP) is 1.04. The van der Waals surface area contributed by atoms with Crippen LogP contribution in [0.5, 0.6) is 17.2 Å². The molecule has 1 unspecified atom stereocenters. The van der Waals surface area contributed by atoms with Crippen molar-refractivity contribution in [1.82, 2.24) is 5.32 Å². The van der Waals surface area contributed by atoms with Crippen LogP contribution in [0.3, 0.4) is 0 Å². The lowest BCUT2D eigenvalue weighted by Crippen LogP contribution is -3.08. The van der Waals surface area contributed by atoms with Crippen LogP contribution in [-0.2, 0) is 17.9 Å². The SMILES string of the molecule is COc1ccc(CNC(=O)C[NH+](C)Cc2cccc(OC)c2OC)cc1. The third kappa shape index (κ3) is 5.39. The molecule has 0 fully saturated rings. The van der Waals surface area contributed by atoms with Gasteiger partial charge in [0.1, 0.15) is 12.3 Å². The van der Waals surface area contributed by atoms with Crippen molar-refractivity contribution < 1.29 is 23.9 Å². The summed E-state index contributed by atoms with van der Waals surface area (Å²) in [7, 11) is 6.85. The van der Waals surface area contributed by atoms with Crippen LogP contribution in [0.15, 0.2) is 42.5 Å². The molecule has 0 aliphatic rings. The Morgan fingerprint density at radius 3 is 2.35 bits per heavy atom. The van der Waals surface area contributed by atoms with Gasteiger partial charge in [-0.2, -0.15) is 0 Å². The quantitative estimate of drug-likeness (QED) is 0.702. The fourth-order valence-corrected chi connectivity index (χ4v) is 2.76. The first-order valence-corrected chi connectivity index (χ1v) is 8.48. The van der Waals surface area contributed by atoms with Gasteiger partial charge in [-0.25, -0.2) is 0 Å². The van der Waals surface area contributed by atoms with E-state index in [-0.39, 0.29) is 5.91 Å². The fourth-order valence-electron chi connectivity index (χ4n) is 2.76. The number of ether oxygens (including phenoxy) is 3. The second-order valence-corrected chi connectivity index (χ2v) is 6.09. The van der Waals surface area contributed by atoms with E-state index in [1.165, 1.54) is 0 Å². The van der Waals surface area contributed by atoms with E-state index in [4.69, 9.17) is 14.2 Å². The van der Waals surface area contributed by atoms with Crippen LogP contribution in [-0.4, -0.2) is 40.8 Å². The highest BCUT2D eigenvalue weighted by molar-refractivity contribution is 5.76. The van der Waals surface area contributed by atoms with Gasteiger partial charge in [-0.15, -0.1) is 0 Å². The van der Waals surface area contributed by atoms with Crippen molar-refractivity contribution in [3.63, 3.8) is 0 Å². The highest BCUT2D eigenvalue weighted by Crippen LogP contribution is 2.29. The Kier molecular flexibility index (Phi) is 7.29. The zero-order valence-corrected chi connectivity index (χ0v) is 15.8. The molecule has 0 spiro atoms. The van der Waals surface area contributed by atoms with Crippen molar-refractivity contribution in [2.24, 2.45) is 0 Å². The van der Waals surface area contributed by atoms with Crippen LogP contribution in [0.4, 0.5) is 0 Å². The molecule has 0 bridgehead atoms. The second-order valence-electron chi connectivity index (χ2n) is 6.09. The largest absolute Gasteiger partial charge is 0.497 e. The topological polar surface area (TPSA) is 61.2 Å². The summed E-state index contributed by atoms with van der Waals surface area (Å²) in [5.41, 5.74) is 2.04. The van der Waals surface area contributed by atoms with Gasteiger partial charge in [0.25, 0.3) is 5.91 Å². The summed E-state index contributed by atoms with van der Waals surface area (Å²) in [6.07, 6.45) is 0. The van der Waals surface area contributed by atoms with Gasteiger partial charge in [0.05, 0.1) is 33.9 Å². The van der Waals surface area contributed by atoms with E-state index in [0.717, 1.165) is 21.8 Å². The number of para-hydroxylation sites is 1. The lowest BCUT2D eigenvalue weighted by Gasteiger charge is -2.17. The number of quaternary nitrogens is 1. The summed E-state index contributed by atoms with van der Waals surface area (Å²) in [6.45, 7) is 1.53. The minimum Gasteiger partial charge on any atom is -0.497 e. The molecule has 0 aliphatic carbocycles. The number of carbonyl (C=O) groups is 1. The highest BCUT2D eigenvalue weighted by Gasteiger charge is 2.15. The van der Waals surface area contributed by atoms with Gasteiger partial charge in [0.2, 0.25) is 0 Å². The van der Waals surface area contributed by atoms with E-state index in [1.807, 2.05) is 49.5 Å². The van der Waals surface area contributed by atoms with Crippen molar-refractivity contribution in [3.8, 4) is 17.2 Å².